The Morgan fingerprint density at radius 2 is 2.67 bits per heavy atom. The van der Waals surface area contributed by atoms with Gasteiger partial charge in [0.15, 0.2) is 5.76 Å². The largest absolute Gasteiger partial charge is 0.360 e. The maximum Gasteiger partial charge on any atom is 0.150 e. The summed E-state index contributed by atoms with van der Waals surface area (Å²) in [7, 11) is 0. The molecule has 0 aliphatic carbocycles. The van der Waals surface area contributed by atoms with Crippen LogP contribution in [-0.2, 0) is 6.54 Å². The highest BCUT2D eigenvalue weighted by molar-refractivity contribution is 4.94. The van der Waals surface area contributed by atoms with Crippen LogP contribution >= 0.6 is 0 Å². The van der Waals surface area contributed by atoms with E-state index in [2.05, 4.69) is 10.1 Å². The van der Waals surface area contributed by atoms with Crippen molar-refractivity contribution < 1.29 is 4.52 Å². The lowest BCUT2D eigenvalue weighted by Crippen LogP contribution is -2.26. The lowest BCUT2D eigenvalue weighted by Gasteiger charge is -2.11. The van der Waals surface area contributed by atoms with E-state index in [0.717, 1.165) is 31.8 Å². The van der Waals surface area contributed by atoms with Crippen molar-refractivity contribution in [1.29, 1.82) is 0 Å². The first-order valence-corrected chi connectivity index (χ1v) is 4.22. The molecule has 1 aromatic heterocycles. The average Bonchev–Trinajstić information content (AvgIpc) is 2.63. The standard InChI is InChI=1S/C8H13N3O/c9-7-2-4-11(5-7)6-8-1-3-10-12-8/h1,3,7H,2,4-6,9H2/t7-/m0/s1. The minimum Gasteiger partial charge on any atom is -0.360 e. The second-order valence-corrected chi connectivity index (χ2v) is 3.26. The number of rotatable bonds is 2. The first kappa shape index (κ1) is 7.76. The number of hydrogen-bond acceptors (Lipinski definition) is 4. The Hall–Kier alpha value is -0.870. The molecule has 4 nitrogen and oxygen atoms in total. The van der Waals surface area contributed by atoms with Crippen molar-refractivity contribution in [3.05, 3.63) is 18.0 Å². The Morgan fingerprint density at radius 1 is 1.75 bits per heavy atom. The molecule has 0 amide bonds. The predicted molar refractivity (Wildman–Crippen MR) is 44.4 cm³/mol. The fourth-order valence-corrected chi connectivity index (χ4v) is 1.55. The summed E-state index contributed by atoms with van der Waals surface area (Å²) >= 11 is 0. The Labute approximate surface area is 71.3 Å². The molecule has 1 saturated heterocycles. The van der Waals surface area contributed by atoms with Crippen LogP contribution in [0.2, 0.25) is 0 Å². The van der Waals surface area contributed by atoms with E-state index in [1.165, 1.54) is 0 Å². The van der Waals surface area contributed by atoms with Gasteiger partial charge in [-0.25, -0.2) is 0 Å². The third-order valence-electron chi connectivity index (χ3n) is 2.18. The van der Waals surface area contributed by atoms with Gasteiger partial charge in [0.05, 0.1) is 12.7 Å². The average molecular weight is 167 g/mol. The molecule has 1 aliphatic rings. The molecule has 0 radical (unpaired) electrons. The van der Waals surface area contributed by atoms with Crippen LogP contribution in [0.1, 0.15) is 12.2 Å². The Morgan fingerprint density at radius 3 is 3.25 bits per heavy atom. The summed E-state index contributed by atoms with van der Waals surface area (Å²) < 4.78 is 5.00. The van der Waals surface area contributed by atoms with Gasteiger partial charge in [0.1, 0.15) is 0 Å². The second kappa shape index (κ2) is 3.25. The molecule has 0 saturated carbocycles. The van der Waals surface area contributed by atoms with Crippen LogP contribution in [0, 0.1) is 0 Å². The van der Waals surface area contributed by atoms with Gasteiger partial charge in [0, 0.05) is 25.2 Å². The minimum atomic E-state index is 0.341. The molecular weight excluding hydrogens is 154 g/mol. The van der Waals surface area contributed by atoms with Crippen molar-refractivity contribution in [1.82, 2.24) is 10.1 Å². The molecule has 1 aliphatic heterocycles. The van der Waals surface area contributed by atoms with Gasteiger partial charge in [-0.1, -0.05) is 5.16 Å². The van der Waals surface area contributed by atoms with Crippen molar-refractivity contribution in [2.45, 2.75) is 19.0 Å². The molecule has 0 bridgehead atoms. The molecule has 1 fully saturated rings. The summed E-state index contributed by atoms with van der Waals surface area (Å²) in [5.41, 5.74) is 5.77. The smallest absolute Gasteiger partial charge is 0.150 e. The number of nitrogens with zero attached hydrogens (tertiary/aromatic N) is 2. The van der Waals surface area contributed by atoms with Gasteiger partial charge in [0.2, 0.25) is 0 Å². The predicted octanol–water partition coefficient (Wildman–Crippen LogP) is 0.208. The summed E-state index contributed by atoms with van der Waals surface area (Å²) in [5, 5.41) is 3.65. The van der Waals surface area contributed by atoms with E-state index >= 15 is 0 Å². The highest BCUT2D eigenvalue weighted by atomic mass is 16.5. The Bertz CT molecular complexity index is 234. The Kier molecular flexibility index (Phi) is 2.10. The fraction of sp³-hybridized carbons (Fsp3) is 0.625. The van der Waals surface area contributed by atoms with Crippen LogP contribution in [0.3, 0.4) is 0 Å². The first-order valence-electron chi connectivity index (χ1n) is 4.22. The van der Waals surface area contributed by atoms with Gasteiger partial charge in [-0.3, -0.25) is 4.90 Å². The van der Waals surface area contributed by atoms with Crippen LogP contribution in [0.15, 0.2) is 16.8 Å². The van der Waals surface area contributed by atoms with E-state index in [9.17, 15) is 0 Å². The van der Waals surface area contributed by atoms with Crippen molar-refractivity contribution in [2.24, 2.45) is 5.73 Å². The number of nitrogens with two attached hydrogens (primary N) is 1. The zero-order chi connectivity index (χ0) is 8.39. The monoisotopic (exact) mass is 167 g/mol. The number of aromatic nitrogens is 1. The van der Waals surface area contributed by atoms with Crippen molar-refractivity contribution in [3.8, 4) is 0 Å². The van der Waals surface area contributed by atoms with Gasteiger partial charge in [0.25, 0.3) is 0 Å². The van der Waals surface area contributed by atoms with Gasteiger partial charge in [-0.05, 0) is 6.42 Å². The zero-order valence-corrected chi connectivity index (χ0v) is 6.94. The molecule has 0 spiro atoms. The molecule has 4 heteroatoms. The van der Waals surface area contributed by atoms with Crippen LogP contribution in [0.25, 0.3) is 0 Å². The SMILES string of the molecule is N[C@H]1CCN(Cc2ccno2)C1. The van der Waals surface area contributed by atoms with Gasteiger partial charge in [-0.15, -0.1) is 0 Å². The molecule has 2 rings (SSSR count). The lowest BCUT2D eigenvalue weighted by molar-refractivity contribution is 0.271. The summed E-state index contributed by atoms with van der Waals surface area (Å²) in [5.74, 6) is 0.920. The van der Waals surface area contributed by atoms with Crippen molar-refractivity contribution in [2.75, 3.05) is 13.1 Å². The van der Waals surface area contributed by atoms with Crippen LogP contribution in [-0.4, -0.2) is 29.2 Å². The Balaban J connectivity index is 1.88. The van der Waals surface area contributed by atoms with Gasteiger partial charge in [-0.2, -0.15) is 0 Å². The molecule has 0 aromatic carbocycles. The topological polar surface area (TPSA) is 55.3 Å². The molecule has 0 unspecified atom stereocenters. The van der Waals surface area contributed by atoms with Crippen molar-refractivity contribution >= 4 is 0 Å². The number of hydrogen-bond donors (Lipinski definition) is 1. The first-order chi connectivity index (χ1) is 5.84. The highest BCUT2D eigenvalue weighted by Crippen LogP contribution is 2.11. The van der Waals surface area contributed by atoms with Gasteiger partial charge >= 0.3 is 0 Å². The zero-order valence-electron chi connectivity index (χ0n) is 6.94. The summed E-state index contributed by atoms with van der Waals surface area (Å²) in [4.78, 5) is 2.28. The molecular formula is C8H13N3O. The maximum atomic E-state index is 5.77. The maximum absolute atomic E-state index is 5.77. The molecule has 66 valence electrons. The third-order valence-corrected chi connectivity index (χ3v) is 2.18. The van der Waals surface area contributed by atoms with E-state index in [1.54, 1.807) is 6.20 Å². The summed E-state index contributed by atoms with van der Waals surface area (Å²) in [6.45, 7) is 2.89. The van der Waals surface area contributed by atoms with E-state index in [0.29, 0.717) is 6.04 Å². The minimum absolute atomic E-state index is 0.341. The summed E-state index contributed by atoms with van der Waals surface area (Å²) in [6, 6.07) is 2.23. The van der Waals surface area contributed by atoms with E-state index in [1.807, 2.05) is 6.07 Å². The van der Waals surface area contributed by atoms with Crippen LogP contribution in [0.4, 0.5) is 0 Å². The third kappa shape index (κ3) is 1.65. The van der Waals surface area contributed by atoms with Crippen molar-refractivity contribution in [3.63, 3.8) is 0 Å². The molecule has 2 heterocycles. The van der Waals surface area contributed by atoms with E-state index in [4.69, 9.17) is 10.3 Å². The second-order valence-electron chi connectivity index (χ2n) is 3.26. The van der Waals surface area contributed by atoms with E-state index in [-0.39, 0.29) is 0 Å². The van der Waals surface area contributed by atoms with E-state index < -0.39 is 0 Å². The lowest BCUT2D eigenvalue weighted by atomic mass is 10.3. The molecule has 12 heavy (non-hydrogen) atoms. The molecule has 1 aromatic rings. The van der Waals surface area contributed by atoms with Crippen LogP contribution < -0.4 is 5.73 Å². The van der Waals surface area contributed by atoms with Crippen LogP contribution in [0.5, 0.6) is 0 Å². The number of likely N-dealkylation sites (tertiary alicyclic amines) is 1. The molecule has 2 N–H and O–H groups in total. The molecule has 1 atom stereocenters. The summed E-state index contributed by atoms with van der Waals surface area (Å²) in [6.07, 6.45) is 2.76. The fourth-order valence-electron chi connectivity index (χ4n) is 1.55. The quantitative estimate of drug-likeness (QED) is 0.684. The highest BCUT2D eigenvalue weighted by Gasteiger charge is 2.19. The normalized spacial score (nSPS) is 24.9. The van der Waals surface area contributed by atoms with Gasteiger partial charge < -0.3 is 10.3 Å².